The van der Waals surface area contributed by atoms with Crippen LogP contribution in [-0.2, 0) is 4.74 Å². The first kappa shape index (κ1) is 17.9. The third-order valence-electron chi connectivity index (χ3n) is 5.56. The molecule has 1 saturated heterocycles. The number of piperidine rings is 1. The summed E-state index contributed by atoms with van der Waals surface area (Å²) in [6.45, 7) is 6.07. The summed E-state index contributed by atoms with van der Waals surface area (Å²) in [4.78, 5) is 27.3. The number of hydrogen-bond donors (Lipinski definition) is 1. The Morgan fingerprint density at radius 2 is 2.07 bits per heavy atom. The van der Waals surface area contributed by atoms with Gasteiger partial charge in [-0.1, -0.05) is 6.07 Å². The molecule has 6 nitrogen and oxygen atoms in total. The number of nitrogens with one attached hydrogen (secondary N) is 1. The van der Waals surface area contributed by atoms with Crippen LogP contribution in [0, 0.1) is 5.92 Å². The van der Waals surface area contributed by atoms with Crippen LogP contribution in [-0.4, -0.2) is 41.1 Å². The van der Waals surface area contributed by atoms with Gasteiger partial charge in [-0.15, -0.1) is 0 Å². The number of amides is 2. The first-order valence-electron chi connectivity index (χ1n) is 9.59. The Kier molecular flexibility index (Phi) is 4.36. The standard InChI is InChI=1S/C21H26N2O4/c1-21(2,3)27-20(25)23-14-8-7-13(11-14)17(23)12-22-19(24)16-5-4-6-18-15(16)9-10-26-18/h4-6,9-10,13-14,17H,7-8,11-12H2,1-3H3,(H,22,24). The molecule has 144 valence electrons. The second-order valence-corrected chi connectivity index (χ2v) is 8.53. The van der Waals surface area contributed by atoms with Crippen molar-refractivity contribution in [1.82, 2.24) is 10.2 Å². The lowest BCUT2D eigenvalue weighted by Gasteiger charge is -2.36. The molecule has 2 aromatic rings. The van der Waals surface area contributed by atoms with E-state index in [9.17, 15) is 9.59 Å². The smallest absolute Gasteiger partial charge is 0.410 e. The summed E-state index contributed by atoms with van der Waals surface area (Å²) in [6, 6.07) is 7.46. The van der Waals surface area contributed by atoms with Crippen LogP contribution < -0.4 is 5.32 Å². The molecule has 0 spiro atoms. The Morgan fingerprint density at radius 3 is 2.85 bits per heavy atom. The Labute approximate surface area is 158 Å². The summed E-state index contributed by atoms with van der Waals surface area (Å²) < 4.78 is 11.0. The molecule has 1 aromatic carbocycles. The molecule has 1 N–H and O–H groups in total. The van der Waals surface area contributed by atoms with Crippen molar-refractivity contribution in [2.45, 2.75) is 57.7 Å². The van der Waals surface area contributed by atoms with E-state index >= 15 is 0 Å². The van der Waals surface area contributed by atoms with Crippen LogP contribution >= 0.6 is 0 Å². The number of benzene rings is 1. The van der Waals surface area contributed by atoms with E-state index in [1.54, 1.807) is 18.4 Å². The highest BCUT2D eigenvalue weighted by Crippen LogP contribution is 2.42. The van der Waals surface area contributed by atoms with Crippen LogP contribution in [0.25, 0.3) is 11.0 Å². The molecule has 2 heterocycles. The van der Waals surface area contributed by atoms with Gasteiger partial charge < -0.3 is 19.4 Å². The molecule has 0 radical (unpaired) electrons. The SMILES string of the molecule is CC(C)(C)OC(=O)N1C2CCC(C2)C1CNC(=O)c1cccc2occc12. The van der Waals surface area contributed by atoms with E-state index in [2.05, 4.69) is 5.32 Å². The van der Waals surface area contributed by atoms with Gasteiger partial charge in [0.1, 0.15) is 11.2 Å². The molecule has 6 heteroatoms. The lowest BCUT2D eigenvalue weighted by atomic mass is 9.98. The van der Waals surface area contributed by atoms with Crippen molar-refractivity contribution in [2.75, 3.05) is 6.54 Å². The molecule has 1 aliphatic carbocycles. The first-order valence-corrected chi connectivity index (χ1v) is 9.59. The topological polar surface area (TPSA) is 71.8 Å². The van der Waals surface area contributed by atoms with Gasteiger partial charge in [0.25, 0.3) is 5.91 Å². The van der Waals surface area contributed by atoms with Crippen LogP contribution in [0.2, 0.25) is 0 Å². The van der Waals surface area contributed by atoms with Crippen molar-refractivity contribution in [2.24, 2.45) is 5.92 Å². The van der Waals surface area contributed by atoms with E-state index in [1.165, 1.54) is 0 Å². The average Bonchev–Trinajstić information content (AvgIpc) is 3.32. The van der Waals surface area contributed by atoms with Crippen LogP contribution in [0.1, 0.15) is 50.4 Å². The Morgan fingerprint density at radius 1 is 1.26 bits per heavy atom. The van der Waals surface area contributed by atoms with Gasteiger partial charge in [-0.25, -0.2) is 4.79 Å². The fraction of sp³-hybridized carbons (Fsp3) is 0.524. The minimum absolute atomic E-state index is 0.00824. The molecular formula is C21H26N2O4. The lowest BCUT2D eigenvalue weighted by molar-refractivity contribution is 0.00755. The summed E-state index contributed by atoms with van der Waals surface area (Å²) in [5, 5.41) is 3.82. The highest BCUT2D eigenvalue weighted by atomic mass is 16.6. The van der Waals surface area contributed by atoms with Crippen LogP contribution in [0.3, 0.4) is 0 Å². The molecule has 3 unspecified atom stereocenters. The third kappa shape index (κ3) is 3.40. The van der Waals surface area contributed by atoms with Crippen molar-refractivity contribution >= 4 is 23.0 Å². The van der Waals surface area contributed by atoms with Crippen LogP contribution in [0.15, 0.2) is 34.9 Å². The number of ether oxygens (including phenoxy) is 1. The third-order valence-corrected chi connectivity index (χ3v) is 5.56. The minimum atomic E-state index is -0.524. The molecule has 2 fully saturated rings. The number of hydrogen-bond acceptors (Lipinski definition) is 4. The van der Waals surface area contributed by atoms with Gasteiger partial charge in [0.15, 0.2) is 0 Å². The largest absolute Gasteiger partial charge is 0.464 e. The average molecular weight is 370 g/mol. The molecule has 3 atom stereocenters. The Balaban J connectivity index is 1.47. The molecule has 27 heavy (non-hydrogen) atoms. The monoisotopic (exact) mass is 370 g/mol. The van der Waals surface area contributed by atoms with Crippen molar-refractivity contribution in [1.29, 1.82) is 0 Å². The lowest BCUT2D eigenvalue weighted by Crippen LogP contribution is -2.51. The highest BCUT2D eigenvalue weighted by Gasteiger charge is 2.49. The normalized spacial score (nSPS) is 24.4. The number of carbonyl (C=O) groups is 2. The maximum Gasteiger partial charge on any atom is 0.410 e. The highest BCUT2D eigenvalue weighted by molar-refractivity contribution is 6.05. The van der Waals surface area contributed by atoms with Crippen LogP contribution in [0.4, 0.5) is 4.79 Å². The number of nitrogens with zero attached hydrogens (tertiary/aromatic N) is 1. The minimum Gasteiger partial charge on any atom is -0.464 e. The second kappa shape index (κ2) is 6.59. The van der Waals surface area contributed by atoms with Gasteiger partial charge in [0.05, 0.1) is 17.9 Å². The van der Waals surface area contributed by atoms with Gasteiger partial charge in [0, 0.05) is 18.0 Å². The quantitative estimate of drug-likeness (QED) is 0.888. The van der Waals surface area contributed by atoms with Gasteiger partial charge in [-0.2, -0.15) is 0 Å². The molecule has 2 aliphatic rings. The van der Waals surface area contributed by atoms with E-state index in [0.717, 1.165) is 24.6 Å². The van der Waals surface area contributed by atoms with E-state index in [4.69, 9.17) is 9.15 Å². The summed E-state index contributed by atoms with van der Waals surface area (Å²) in [5.74, 6) is 0.279. The Bertz CT molecular complexity index is 866. The number of likely N-dealkylation sites (tertiary alicyclic amines) is 1. The van der Waals surface area contributed by atoms with Crippen LogP contribution in [0.5, 0.6) is 0 Å². The predicted octanol–water partition coefficient (Wildman–Crippen LogP) is 3.95. The summed E-state index contributed by atoms with van der Waals surface area (Å²) in [7, 11) is 0. The number of carbonyl (C=O) groups excluding carboxylic acids is 2. The Hall–Kier alpha value is -2.50. The maximum atomic E-state index is 12.7. The summed E-state index contributed by atoms with van der Waals surface area (Å²) in [5.41, 5.74) is 0.759. The zero-order valence-electron chi connectivity index (χ0n) is 16.0. The van der Waals surface area contributed by atoms with E-state index in [1.807, 2.05) is 37.8 Å². The molecule has 4 rings (SSSR count). The molecule has 1 saturated carbocycles. The van der Waals surface area contributed by atoms with Gasteiger partial charge in [0.2, 0.25) is 0 Å². The molecule has 1 aromatic heterocycles. The molecule has 2 amide bonds. The van der Waals surface area contributed by atoms with Crippen molar-refractivity contribution < 1.29 is 18.7 Å². The summed E-state index contributed by atoms with van der Waals surface area (Å²) >= 11 is 0. The second-order valence-electron chi connectivity index (χ2n) is 8.53. The molecule has 1 aliphatic heterocycles. The van der Waals surface area contributed by atoms with E-state index < -0.39 is 5.60 Å². The zero-order valence-corrected chi connectivity index (χ0v) is 16.0. The van der Waals surface area contributed by atoms with Crippen molar-refractivity contribution in [3.8, 4) is 0 Å². The van der Waals surface area contributed by atoms with Gasteiger partial charge >= 0.3 is 6.09 Å². The molecular weight excluding hydrogens is 344 g/mol. The summed E-state index contributed by atoms with van der Waals surface area (Å²) in [6.07, 6.45) is 4.43. The fourth-order valence-corrected chi connectivity index (χ4v) is 4.44. The van der Waals surface area contributed by atoms with Gasteiger partial charge in [-0.05, 0) is 64.2 Å². The number of rotatable bonds is 3. The molecule has 2 bridgehead atoms. The predicted molar refractivity (Wildman–Crippen MR) is 102 cm³/mol. The zero-order chi connectivity index (χ0) is 19.2. The van der Waals surface area contributed by atoms with Crippen molar-refractivity contribution in [3.05, 3.63) is 36.1 Å². The maximum absolute atomic E-state index is 12.7. The van der Waals surface area contributed by atoms with E-state index in [-0.39, 0.29) is 24.1 Å². The van der Waals surface area contributed by atoms with Crippen molar-refractivity contribution in [3.63, 3.8) is 0 Å². The number of furan rings is 1. The van der Waals surface area contributed by atoms with Gasteiger partial charge in [-0.3, -0.25) is 4.79 Å². The van der Waals surface area contributed by atoms with E-state index in [0.29, 0.717) is 23.6 Å². The fourth-order valence-electron chi connectivity index (χ4n) is 4.44. The number of fused-ring (bicyclic) bond motifs is 3. The first-order chi connectivity index (χ1) is 12.8.